The van der Waals surface area contributed by atoms with Crippen LogP contribution in [0.2, 0.25) is 0 Å². The number of benzene rings is 1. The number of hydrogen-bond acceptors (Lipinski definition) is 6. The number of carbonyl (C=O) groups is 1. The van der Waals surface area contributed by atoms with E-state index in [-0.39, 0.29) is 5.97 Å². The minimum atomic E-state index is -1.53. The quantitative estimate of drug-likeness (QED) is 0.268. The Hall–Kier alpha value is -1.41. The van der Waals surface area contributed by atoms with Crippen LogP contribution in [0, 0.1) is 0 Å². The van der Waals surface area contributed by atoms with E-state index >= 15 is 0 Å². The molecular formula is C14H23BN2O4. The van der Waals surface area contributed by atoms with Crippen LogP contribution in [0.3, 0.4) is 0 Å². The monoisotopic (exact) mass is 294 g/mol. The maximum atomic E-state index is 11.7. The van der Waals surface area contributed by atoms with Gasteiger partial charge in [-0.05, 0) is 30.4 Å². The highest BCUT2D eigenvalue weighted by atomic mass is 16.5. The normalized spacial score (nSPS) is 12.0. The number of unbranched alkanes of at least 4 members (excludes halogenated alkanes) is 1. The summed E-state index contributed by atoms with van der Waals surface area (Å²) in [5, 5.41) is 21.7. The number of rotatable bonds is 9. The molecule has 0 aliphatic carbocycles. The molecule has 1 aromatic carbocycles. The standard InChI is InChI=1S/C14H23BN2O4/c1-21-14(18)13(8-4-5-9-16)17-10-11-6-2-3-7-12(11)15(19)20/h2-3,6-7,13,17,19-20H,4-5,8-10,16H2,1H3/t13-/m0/s1. The molecule has 0 unspecified atom stereocenters. The first-order chi connectivity index (χ1) is 10.1. The number of nitrogens with two attached hydrogens (primary N) is 1. The van der Waals surface area contributed by atoms with E-state index in [0.717, 1.165) is 18.4 Å². The molecule has 0 amide bonds. The Kier molecular flexibility index (Phi) is 8.00. The summed E-state index contributed by atoms with van der Waals surface area (Å²) >= 11 is 0. The summed E-state index contributed by atoms with van der Waals surface area (Å²) in [6.45, 7) is 0.948. The highest BCUT2D eigenvalue weighted by Gasteiger charge is 2.20. The molecule has 1 rings (SSSR count). The van der Waals surface area contributed by atoms with Crippen molar-refractivity contribution in [2.24, 2.45) is 5.73 Å². The van der Waals surface area contributed by atoms with Gasteiger partial charge in [0.2, 0.25) is 0 Å². The van der Waals surface area contributed by atoms with Gasteiger partial charge in [-0.25, -0.2) is 0 Å². The number of ether oxygens (including phenoxy) is 1. The average molecular weight is 294 g/mol. The predicted octanol–water partition coefficient (Wildman–Crippen LogP) is -0.873. The first-order valence-electron chi connectivity index (χ1n) is 7.05. The Labute approximate surface area is 125 Å². The van der Waals surface area contributed by atoms with Crippen molar-refractivity contribution < 1.29 is 19.6 Å². The molecule has 0 saturated heterocycles. The molecule has 0 bridgehead atoms. The van der Waals surface area contributed by atoms with Crippen LogP contribution in [0.15, 0.2) is 24.3 Å². The van der Waals surface area contributed by atoms with Crippen LogP contribution >= 0.6 is 0 Å². The van der Waals surface area contributed by atoms with Crippen LogP contribution < -0.4 is 16.5 Å². The topological polar surface area (TPSA) is 105 Å². The summed E-state index contributed by atoms with van der Waals surface area (Å²) in [5.41, 5.74) is 6.61. The Morgan fingerprint density at radius 3 is 2.71 bits per heavy atom. The number of hydrogen-bond donors (Lipinski definition) is 4. The maximum Gasteiger partial charge on any atom is 0.488 e. The van der Waals surface area contributed by atoms with E-state index in [9.17, 15) is 14.8 Å². The fraction of sp³-hybridized carbons (Fsp3) is 0.500. The molecular weight excluding hydrogens is 271 g/mol. The molecule has 1 atom stereocenters. The van der Waals surface area contributed by atoms with Gasteiger partial charge in [-0.2, -0.15) is 0 Å². The van der Waals surface area contributed by atoms with E-state index in [1.807, 2.05) is 6.07 Å². The molecule has 5 N–H and O–H groups in total. The maximum absolute atomic E-state index is 11.7. The lowest BCUT2D eigenvalue weighted by atomic mass is 9.77. The van der Waals surface area contributed by atoms with Gasteiger partial charge in [-0.15, -0.1) is 0 Å². The number of methoxy groups -OCH3 is 1. The van der Waals surface area contributed by atoms with Crippen molar-refractivity contribution in [3.63, 3.8) is 0 Å². The second-order valence-corrected chi connectivity index (χ2v) is 4.81. The Balaban J connectivity index is 2.65. The smallest absolute Gasteiger partial charge is 0.468 e. The van der Waals surface area contributed by atoms with Gasteiger partial charge in [0.25, 0.3) is 0 Å². The van der Waals surface area contributed by atoms with E-state index in [1.54, 1.807) is 18.2 Å². The fourth-order valence-electron chi connectivity index (χ4n) is 2.12. The zero-order valence-corrected chi connectivity index (χ0v) is 12.3. The average Bonchev–Trinajstić information content (AvgIpc) is 2.50. The third kappa shape index (κ3) is 5.85. The van der Waals surface area contributed by atoms with Crippen molar-refractivity contribution in [3.8, 4) is 0 Å². The minimum absolute atomic E-state index is 0.325. The fourth-order valence-corrected chi connectivity index (χ4v) is 2.12. The Morgan fingerprint density at radius 1 is 1.38 bits per heavy atom. The van der Waals surface area contributed by atoms with Gasteiger partial charge in [0.1, 0.15) is 6.04 Å². The van der Waals surface area contributed by atoms with Crippen molar-refractivity contribution in [2.45, 2.75) is 31.8 Å². The van der Waals surface area contributed by atoms with Crippen LogP contribution in [-0.2, 0) is 16.1 Å². The lowest BCUT2D eigenvalue weighted by Crippen LogP contribution is -2.40. The molecule has 0 saturated carbocycles. The van der Waals surface area contributed by atoms with E-state index in [0.29, 0.717) is 25.0 Å². The van der Waals surface area contributed by atoms with Gasteiger partial charge in [0, 0.05) is 6.54 Å². The summed E-state index contributed by atoms with van der Waals surface area (Å²) in [6, 6.07) is 6.55. The second-order valence-electron chi connectivity index (χ2n) is 4.81. The van der Waals surface area contributed by atoms with Gasteiger partial charge in [-0.3, -0.25) is 4.79 Å². The zero-order chi connectivity index (χ0) is 15.7. The van der Waals surface area contributed by atoms with Crippen molar-refractivity contribution in [1.29, 1.82) is 0 Å². The van der Waals surface area contributed by atoms with Crippen LogP contribution in [0.5, 0.6) is 0 Å². The third-order valence-electron chi connectivity index (χ3n) is 3.30. The Morgan fingerprint density at radius 2 is 2.10 bits per heavy atom. The first kappa shape index (κ1) is 17.6. The van der Waals surface area contributed by atoms with E-state index in [4.69, 9.17) is 10.5 Å². The zero-order valence-electron chi connectivity index (χ0n) is 12.3. The van der Waals surface area contributed by atoms with Gasteiger partial charge < -0.3 is 25.8 Å². The molecule has 0 fully saturated rings. The lowest BCUT2D eigenvalue weighted by Gasteiger charge is -2.17. The molecule has 0 aliphatic rings. The SMILES string of the molecule is COC(=O)[C@H](CCCCN)NCc1ccccc1B(O)O. The molecule has 21 heavy (non-hydrogen) atoms. The molecule has 1 aromatic rings. The molecule has 0 heterocycles. The summed E-state index contributed by atoms with van der Waals surface area (Å²) < 4.78 is 4.78. The molecule has 0 aliphatic heterocycles. The van der Waals surface area contributed by atoms with Crippen molar-refractivity contribution in [2.75, 3.05) is 13.7 Å². The molecule has 0 aromatic heterocycles. The third-order valence-corrected chi connectivity index (χ3v) is 3.30. The van der Waals surface area contributed by atoms with Gasteiger partial charge >= 0.3 is 13.1 Å². The summed E-state index contributed by atoms with van der Waals surface area (Å²) in [6.07, 6.45) is 2.31. The van der Waals surface area contributed by atoms with E-state index < -0.39 is 13.2 Å². The van der Waals surface area contributed by atoms with E-state index in [2.05, 4.69) is 5.32 Å². The molecule has 7 heteroatoms. The lowest BCUT2D eigenvalue weighted by molar-refractivity contribution is -0.143. The molecule has 116 valence electrons. The second kappa shape index (κ2) is 9.52. The van der Waals surface area contributed by atoms with Gasteiger partial charge in [0.15, 0.2) is 0 Å². The van der Waals surface area contributed by atoms with Gasteiger partial charge in [0.05, 0.1) is 7.11 Å². The summed E-state index contributed by atoms with van der Waals surface area (Å²) in [5.74, 6) is -0.325. The largest absolute Gasteiger partial charge is 0.488 e. The highest BCUT2D eigenvalue weighted by Crippen LogP contribution is 2.05. The van der Waals surface area contributed by atoms with Crippen molar-refractivity contribution in [1.82, 2.24) is 5.32 Å². The predicted molar refractivity (Wildman–Crippen MR) is 81.8 cm³/mol. The Bertz CT molecular complexity index is 443. The van der Waals surface area contributed by atoms with Crippen molar-refractivity contribution in [3.05, 3.63) is 29.8 Å². The van der Waals surface area contributed by atoms with Crippen LogP contribution in [-0.4, -0.2) is 42.8 Å². The van der Waals surface area contributed by atoms with E-state index in [1.165, 1.54) is 7.11 Å². The van der Waals surface area contributed by atoms with Crippen molar-refractivity contribution >= 4 is 18.6 Å². The number of carbonyl (C=O) groups excluding carboxylic acids is 1. The summed E-state index contributed by atoms with van der Waals surface area (Å²) in [4.78, 5) is 11.7. The number of nitrogens with one attached hydrogen (secondary N) is 1. The molecule has 0 radical (unpaired) electrons. The first-order valence-corrected chi connectivity index (χ1v) is 7.05. The summed E-state index contributed by atoms with van der Waals surface area (Å²) in [7, 11) is -0.178. The van der Waals surface area contributed by atoms with Crippen LogP contribution in [0.1, 0.15) is 24.8 Å². The number of esters is 1. The van der Waals surface area contributed by atoms with Crippen LogP contribution in [0.25, 0.3) is 0 Å². The highest BCUT2D eigenvalue weighted by molar-refractivity contribution is 6.59. The van der Waals surface area contributed by atoms with Crippen LogP contribution in [0.4, 0.5) is 0 Å². The van der Waals surface area contributed by atoms with Gasteiger partial charge in [-0.1, -0.05) is 30.7 Å². The molecule has 6 nitrogen and oxygen atoms in total. The minimum Gasteiger partial charge on any atom is -0.468 e. The molecule has 0 spiro atoms.